The maximum atomic E-state index is 13.1. The molecule has 2 heterocycles. The Hall–Kier alpha value is -0.920. The van der Waals surface area contributed by atoms with E-state index in [-0.39, 0.29) is 17.6 Å². The summed E-state index contributed by atoms with van der Waals surface area (Å²) in [6.07, 6.45) is 1.63. The lowest BCUT2D eigenvalue weighted by atomic mass is 10.2. The first-order chi connectivity index (χ1) is 12.9. The molecule has 1 aromatic carbocycles. The van der Waals surface area contributed by atoms with Gasteiger partial charge < -0.3 is 0 Å². The number of amides is 1. The van der Waals surface area contributed by atoms with Gasteiger partial charge >= 0.3 is 0 Å². The zero-order valence-corrected chi connectivity index (χ0v) is 19.6. The minimum atomic E-state index is 0. The monoisotopic (exact) mass is 457 g/mol. The van der Waals surface area contributed by atoms with Crippen LogP contribution < -0.4 is 4.90 Å². The third kappa shape index (κ3) is 5.16. The van der Waals surface area contributed by atoms with E-state index in [1.165, 1.54) is 11.8 Å². The van der Waals surface area contributed by atoms with E-state index in [1.807, 2.05) is 30.3 Å². The van der Waals surface area contributed by atoms with Crippen molar-refractivity contribution in [1.29, 1.82) is 0 Å². The standard InChI is InChI=1S/C20H24ClN3OS2.ClH/c1-13(2)23(14(3)4)9-10-26-20(25)24-16-7-5-6-8-18(16)27-19-17(24)11-15(21)12-22-19;/h5-8,11-14H,9-10H2,1-4H3;1H. The first-order valence-corrected chi connectivity index (χ1v) is 11.2. The molecule has 0 spiro atoms. The van der Waals surface area contributed by atoms with Gasteiger partial charge in [-0.15, -0.1) is 12.4 Å². The van der Waals surface area contributed by atoms with Gasteiger partial charge in [0.05, 0.1) is 16.4 Å². The number of carbonyl (C=O) groups is 1. The highest BCUT2D eigenvalue weighted by molar-refractivity contribution is 8.14. The van der Waals surface area contributed by atoms with Crippen LogP contribution in [0, 0.1) is 0 Å². The molecule has 1 aromatic heterocycles. The van der Waals surface area contributed by atoms with Gasteiger partial charge in [0.15, 0.2) is 0 Å². The summed E-state index contributed by atoms with van der Waals surface area (Å²) in [4.78, 5) is 22.7. The summed E-state index contributed by atoms with van der Waals surface area (Å²) in [5.74, 6) is 0.740. The summed E-state index contributed by atoms with van der Waals surface area (Å²) in [5, 5.41) is 1.33. The number of anilines is 2. The van der Waals surface area contributed by atoms with Gasteiger partial charge in [-0.1, -0.05) is 47.3 Å². The molecule has 4 nitrogen and oxygen atoms in total. The Labute approximate surface area is 186 Å². The SMILES string of the molecule is CC(C)N(CCSC(=O)N1c2ccccc2Sc2ncc(Cl)cc21)C(C)C.Cl. The molecule has 0 radical (unpaired) electrons. The summed E-state index contributed by atoms with van der Waals surface area (Å²) in [6, 6.07) is 10.6. The number of hydrogen-bond donors (Lipinski definition) is 0. The van der Waals surface area contributed by atoms with Crippen LogP contribution in [-0.2, 0) is 0 Å². The fourth-order valence-corrected chi connectivity index (χ4v) is 5.16. The minimum Gasteiger partial charge on any atom is -0.298 e. The number of rotatable bonds is 5. The first-order valence-electron chi connectivity index (χ1n) is 9.03. The number of benzene rings is 1. The van der Waals surface area contributed by atoms with E-state index in [0.717, 1.165) is 33.6 Å². The highest BCUT2D eigenvalue weighted by Crippen LogP contribution is 2.48. The average Bonchev–Trinajstić information content (AvgIpc) is 2.62. The number of aromatic nitrogens is 1. The van der Waals surface area contributed by atoms with E-state index in [2.05, 4.69) is 37.6 Å². The predicted molar refractivity (Wildman–Crippen MR) is 124 cm³/mol. The molecular weight excluding hydrogens is 433 g/mol. The van der Waals surface area contributed by atoms with Crippen molar-refractivity contribution in [1.82, 2.24) is 9.88 Å². The van der Waals surface area contributed by atoms with Crippen molar-refractivity contribution in [2.45, 2.75) is 49.7 Å². The first kappa shape index (κ1) is 23.4. The van der Waals surface area contributed by atoms with Crippen LogP contribution in [0.3, 0.4) is 0 Å². The highest BCUT2D eigenvalue weighted by atomic mass is 35.5. The number of pyridine rings is 1. The second kappa shape index (κ2) is 10.2. The van der Waals surface area contributed by atoms with Crippen molar-refractivity contribution in [3.63, 3.8) is 0 Å². The molecule has 1 amide bonds. The van der Waals surface area contributed by atoms with Gasteiger partial charge in [-0.3, -0.25) is 14.6 Å². The van der Waals surface area contributed by atoms with Gasteiger partial charge in [0.1, 0.15) is 5.03 Å². The smallest absolute Gasteiger partial charge is 0.290 e. The largest absolute Gasteiger partial charge is 0.298 e. The molecule has 0 saturated carbocycles. The van der Waals surface area contributed by atoms with Crippen molar-refractivity contribution < 1.29 is 4.79 Å². The van der Waals surface area contributed by atoms with Gasteiger partial charge in [-0.05, 0) is 45.9 Å². The number of carbonyl (C=O) groups excluding carboxylic acids is 1. The lowest BCUT2D eigenvalue weighted by molar-refractivity contribution is 0.187. The average molecular weight is 458 g/mol. The van der Waals surface area contributed by atoms with Gasteiger partial charge in [-0.25, -0.2) is 4.98 Å². The predicted octanol–water partition coefficient (Wildman–Crippen LogP) is 6.73. The maximum absolute atomic E-state index is 13.1. The molecule has 0 atom stereocenters. The summed E-state index contributed by atoms with van der Waals surface area (Å²) in [5.41, 5.74) is 1.65. The summed E-state index contributed by atoms with van der Waals surface area (Å²) in [7, 11) is 0. The zero-order chi connectivity index (χ0) is 19.6. The van der Waals surface area contributed by atoms with Crippen LogP contribution in [0.15, 0.2) is 46.5 Å². The molecule has 0 unspecified atom stereocenters. The Kier molecular flexibility index (Phi) is 8.52. The Balaban J connectivity index is 0.00000280. The van der Waals surface area contributed by atoms with E-state index >= 15 is 0 Å². The van der Waals surface area contributed by atoms with E-state index < -0.39 is 0 Å². The van der Waals surface area contributed by atoms with Crippen molar-refractivity contribution in [3.05, 3.63) is 41.6 Å². The van der Waals surface area contributed by atoms with Crippen LogP contribution in [-0.4, -0.2) is 39.5 Å². The molecule has 0 bridgehead atoms. The topological polar surface area (TPSA) is 36.4 Å². The van der Waals surface area contributed by atoms with Crippen LogP contribution in [0.2, 0.25) is 5.02 Å². The molecule has 2 aromatic rings. The quantitative estimate of drug-likeness (QED) is 0.496. The Bertz CT molecular complexity index is 825. The fourth-order valence-electron chi connectivity index (χ4n) is 3.23. The van der Waals surface area contributed by atoms with Crippen LogP contribution in [0.25, 0.3) is 0 Å². The molecule has 0 saturated heterocycles. The highest BCUT2D eigenvalue weighted by Gasteiger charge is 2.29. The minimum absolute atomic E-state index is 0. The number of nitrogens with zero attached hydrogens (tertiary/aromatic N) is 3. The van der Waals surface area contributed by atoms with Gasteiger partial charge in [-0.2, -0.15) is 0 Å². The van der Waals surface area contributed by atoms with Crippen molar-refractivity contribution in [2.75, 3.05) is 17.2 Å². The van der Waals surface area contributed by atoms with Crippen LogP contribution in [0.5, 0.6) is 0 Å². The van der Waals surface area contributed by atoms with Crippen molar-refractivity contribution in [2.24, 2.45) is 0 Å². The number of fused-ring (bicyclic) bond motifs is 2. The van der Waals surface area contributed by atoms with Gasteiger partial charge in [0.25, 0.3) is 5.24 Å². The summed E-state index contributed by atoms with van der Waals surface area (Å²) >= 11 is 9.08. The van der Waals surface area contributed by atoms with E-state index in [4.69, 9.17) is 11.6 Å². The third-order valence-corrected chi connectivity index (χ3v) is 6.53. The lowest BCUT2D eigenvalue weighted by Crippen LogP contribution is -2.39. The van der Waals surface area contributed by atoms with E-state index in [0.29, 0.717) is 17.1 Å². The fraction of sp³-hybridized carbons (Fsp3) is 0.400. The second-order valence-electron chi connectivity index (χ2n) is 6.92. The molecule has 1 aliphatic heterocycles. The molecule has 8 heteroatoms. The van der Waals surface area contributed by atoms with Crippen LogP contribution >= 0.6 is 47.5 Å². The summed E-state index contributed by atoms with van der Waals surface area (Å²) < 4.78 is 0. The second-order valence-corrected chi connectivity index (χ2v) is 9.44. The molecule has 28 heavy (non-hydrogen) atoms. The van der Waals surface area contributed by atoms with E-state index in [9.17, 15) is 4.79 Å². The third-order valence-electron chi connectivity index (χ3n) is 4.44. The van der Waals surface area contributed by atoms with Gasteiger partial charge in [0, 0.05) is 35.5 Å². The molecule has 3 rings (SSSR count). The van der Waals surface area contributed by atoms with E-state index in [1.54, 1.807) is 22.9 Å². The number of hydrogen-bond acceptors (Lipinski definition) is 5. The molecular formula is C20H25Cl2N3OS2. The molecule has 0 N–H and O–H groups in total. The molecule has 0 fully saturated rings. The Morgan fingerprint density at radius 3 is 2.57 bits per heavy atom. The Morgan fingerprint density at radius 2 is 1.89 bits per heavy atom. The lowest BCUT2D eigenvalue weighted by Gasteiger charge is -2.32. The number of thioether (sulfide) groups is 1. The zero-order valence-electron chi connectivity index (χ0n) is 16.4. The van der Waals surface area contributed by atoms with Gasteiger partial charge in [0.2, 0.25) is 0 Å². The summed E-state index contributed by atoms with van der Waals surface area (Å²) in [6.45, 7) is 9.63. The van der Waals surface area contributed by atoms with Crippen LogP contribution in [0.4, 0.5) is 16.2 Å². The maximum Gasteiger partial charge on any atom is 0.290 e. The van der Waals surface area contributed by atoms with Crippen LogP contribution in [0.1, 0.15) is 27.7 Å². The molecule has 0 aliphatic carbocycles. The van der Waals surface area contributed by atoms with Crippen molar-refractivity contribution in [3.8, 4) is 0 Å². The molecule has 1 aliphatic rings. The number of para-hydroxylation sites is 1. The number of halogens is 2. The Morgan fingerprint density at radius 1 is 1.21 bits per heavy atom. The normalized spacial score (nSPS) is 12.8. The van der Waals surface area contributed by atoms with Crippen molar-refractivity contribution >= 4 is 64.1 Å². The molecule has 152 valence electrons.